The number of carbonyl (C=O) groups is 1. The quantitative estimate of drug-likeness (QED) is 0.307. The zero-order valence-corrected chi connectivity index (χ0v) is 12.4. The molecule has 1 aliphatic rings. The molecular formula is C13H29N5O2. The average molecular weight is 287 g/mol. The van der Waals surface area contributed by atoms with Gasteiger partial charge in [-0.25, -0.2) is 0 Å². The fraction of sp³-hybridized carbons (Fsp3) is 0.846. The van der Waals surface area contributed by atoms with E-state index < -0.39 is 12.0 Å². The fourth-order valence-corrected chi connectivity index (χ4v) is 1.92. The number of aliphatic carboxylic acids is 1. The number of hydrogen-bond donors (Lipinski definition) is 4. The van der Waals surface area contributed by atoms with E-state index in [-0.39, 0.29) is 5.96 Å². The average Bonchev–Trinajstić information content (AvgIpc) is 2.44. The van der Waals surface area contributed by atoms with Gasteiger partial charge in [-0.3, -0.25) is 9.79 Å². The van der Waals surface area contributed by atoms with Crippen LogP contribution < -0.4 is 17.2 Å². The van der Waals surface area contributed by atoms with E-state index in [0.717, 1.165) is 0 Å². The Labute approximate surface area is 121 Å². The lowest BCUT2D eigenvalue weighted by Crippen LogP contribution is -2.30. The first-order valence-corrected chi connectivity index (χ1v) is 7.23. The second-order valence-electron chi connectivity index (χ2n) is 4.89. The molecule has 1 fully saturated rings. The molecule has 0 saturated carbocycles. The number of carboxylic acid groups (broad SMARTS) is 1. The Hall–Kier alpha value is -1.34. The maximum atomic E-state index is 10.2. The van der Waals surface area contributed by atoms with Gasteiger partial charge >= 0.3 is 5.97 Å². The molecule has 7 nitrogen and oxygen atoms in total. The lowest BCUT2D eigenvalue weighted by atomic mass is 10.1. The molecule has 0 aromatic carbocycles. The maximum Gasteiger partial charge on any atom is 0.320 e. The number of hydrogen-bond acceptors (Lipinski definition) is 4. The first kappa shape index (κ1) is 18.7. The lowest BCUT2D eigenvalue weighted by Gasteiger charge is -2.24. The highest BCUT2D eigenvalue weighted by molar-refractivity contribution is 5.75. The molecule has 0 aromatic rings. The van der Waals surface area contributed by atoms with Gasteiger partial charge in [-0.2, -0.15) is 0 Å². The summed E-state index contributed by atoms with van der Waals surface area (Å²) in [7, 11) is 0. The molecule has 1 heterocycles. The molecule has 1 rings (SSSR count). The number of carboxylic acids is 1. The summed E-state index contributed by atoms with van der Waals surface area (Å²) < 4.78 is 0. The predicted octanol–water partition coefficient (Wildman–Crippen LogP) is -0.0559. The molecule has 0 aromatic heterocycles. The van der Waals surface area contributed by atoms with Crippen LogP contribution in [-0.2, 0) is 4.79 Å². The maximum absolute atomic E-state index is 10.2. The Morgan fingerprint density at radius 1 is 1.30 bits per heavy atom. The third-order valence-corrected chi connectivity index (χ3v) is 3.18. The van der Waals surface area contributed by atoms with Gasteiger partial charge in [-0.05, 0) is 45.3 Å². The van der Waals surface area contributed by atoms with Gasteiger partial charge in [0.1, 0.15) is 6.04 Å². The summed E-state index contributed by atoms with van der Waals surface area (Å²) in [6.07, 6.45) is 5.26. The van der Waals surface area contributed by atoms with Gasteiger partial charge in [0, 0.05) is 6.54 Å². The van der Waals surface area contributed by atoms with E-state index in [1.54, 1.807) is 0 Å². The summed E-state index contributed by atoms with van der Waals surface area (Å²) in [6.45, 7) is 6.60. The number of likely N-dealkylation sites (tertiary alicyclic amines) is 1. The van der Waals surface area contributed by atoms with Gasteiger partial charge in [0.05, 0.1) is 0 Å². The van der Waals surface area contributed by atoms with Crippen LogP contribution in [0.2, 0.25) is 0 Å². The minimum atomic E-state index is -1.00. The highest BCUT2D eigenvalue weighted by Crippen LogP contribution is 2.06. The first-order chi connectivity index (χ1) is 9.47. The minimum Gasteiger partial charge on any atom is -0.480 e. The van der Waals surface area contributed by atoms with E-state index in [9.17, 15) is 4.79 Å². The van der Waals surface area contributed by atoms with Crippen molar-refractivity contribution < 1.29 is 9.90 Å². The number of nitrogens with zero attached hydrogens (tertiary/aromatic N) is 2. The normalized spacial score (nSPS) is 16.7. The molecule has 0 amide bonds. The van der Waals surface area contributed by atoms with Crippen molar-refractivity contribution in [2.45, 2.75) is 45.1 Å². The summed E-state index contributed by atoms with van der Waals surface area (Å²) in [6, 6.07) is -0.820. The number of aliphatic imine (C=N–C) groups is 1. The van der Waals surface area contributed by atoms with Crippen LogP contribution in [0.3, 0.4) is 0 Å². The van der Waals surface area contributed by atoms with Crippen molar-refractivity contribution in [3.63, 3.8) is 0 Å². The fourth-order valence-electron chi connectivity index (χ4n) is 1.92. The largest absolute Gasteiger partial charge is 0.480 e. The summed E-state index contributed by atoms with van der Waals surface area (Å²) in [5.41, 5.74) is 15.3. The molecule has 7 N–H and O–H groups in total. The van der Waals surface area contributed by atoms with Crippen LogP contribution in [0.1, 0.15) is 39.0 Å². The Balaban J connectivity index is 0.000000388. The third-order valence-electron chi connectivity index (χ3n) is 3.18. The van der Waals surface area contributed by atoms with Crippen LogP contribution in [-0.4, -0.2) is 54.2 Å². The molecule has 0 spiro atoms. The molecule has 1 unspecified atom stereocenters. The molecule has 7 heteroatoms. The SMILES string of the molecule is CCN1CCCCC1.NC(N)=NCCCC(N)C(=O)O. The van der Waals surface area contributed by atoms with E-state index in [0.29, 0.717) is 19.4 Å². The third kappa shape index (κ3) is 10.6. The van der Waals surface area contributed by atoms with Gasteiger partial charge in [-0.15, -0.1) is 0 Å². The monoisotopic (exact) mass is 287 g/mol. The number of guanidine groups is 1. The lowest BCUT2D eigenvalue weighted by molar-refractivity contribution is -0.138. The molecule has 1 atom stereocenters. The Kier molecular flexibility index (Phi) is 10.7. The van der Waals surface area contributed by atoms with Crippen molar-refractivity contribution >= 4 is 11.9 Å². The molecule has 0 aliphatic carbocycles. The molecule has 1 saturated heterocycles. The molecule has 0 bridgehead atoms. The van der Waals surface area contributed by atoms with Gasteiger partial charge in [0.25, 0.3) is 0 Å². The van der Waals surface area contributed by atoms with Crippen molar-refractivity contribution in [3.8, 4) is 0 Å². The summed E-state index contributed by atoms with van der Waals surface area (Å²) >= 11 is 0. The standard InChI is InChI=1S/C7H15N.C6H14N4O2/c1-2-8-6-4-3-5-7-8;7-4(5(11)12)2-1-3-10-6(8)9/h2-7H2,1H3;4H,1-3,7H2,(H,11,12)(H4,8,9,10). The molecule has 1 aliphatic heterocycles. The van der Waals surface area contributed by atoms with Gasteiger partial charge in [0.15, 0.2) is 5.96 Å². The van der Waals surface area contributed by atoms with E-state index >= 15 is 0 Å². The van der Waals surface area contributed by atoms with Crippen molar-refractivity contribution in [1.29, 1.82) is 0 Å². The van der Waals surface area contributed by atoms with E-state index in [4.69, 9.17) is 22.3 Å². The number of rotatable bonds is 6. The Morgan fingerprint density at radius 3 is 2.30 bits per heavy atom. The summed E-state index contributed by atoms with van der Waals surface area (Å²) in [5.74, 6) is -0.987. The van der Waals surface area contributed by atoms with Gasteiger partial charge in [-0.1, -0.05) is 13.3 Å². The van der Waals surface area contributed by atoms with Crippen LogP contribution in [0.15, 0.2) is 4.99 Å². The molecule has 20 heavy (non-hydrogen) atoms. The van der Waals surface area contributed by atoms with E-state index in [2.05, 4.69) is 16.8 Å². The van der Waals surface area contributed by atoms with Crippen molar-refractivity contribution in [2.75, 3.05) is 26.2 Å². The highest BCUT2D eigenvalue weighted by atomic mass is 16.4. The van der Waals surface area contributed by atoms with E-state index in [1.807, 2.05) is 0 Å². The van der Waals surface area contributed by atoms with Gasteiger partial charge < -0.3 is 27.2 Å². The van der Waals surface area contributed by atoms with Crippen molar-refractivity contribution in [2.24, 2.45) is 22.2 Å². The molecular weight excluding hydrogens is 258 g/mol. The summed E-state index contributed by atoms with van der Waals surface area (Å²) in [4.78, 5) is 16.4. The van der Waals surface area contributed by atoms with Crippen LogP contribution in [0.5, 0.6) is 0 Å². The first-order valence-electron chi connectivity index (χ1n) is 7.23. The molecule has 0 radical (unpaired) electrons. The number of piperidine rings is 1. The highest BCUT2D eigenvalue weighted by Gasteiger charge is 2.09. The van der Waals surface area contributed by atoms with Crippen LogP contribution in [0.4, 0.5) is 0 Å². The predicted molar refractivity (Wildman–Crippen MR) is 81.5 cm³/mol. The van der Waals surface area contributed by atoms with Crippen molar-refractivity contribution in [3.05, 3.63) is 0 Å². The van der Waals surface area contributed by atoms with Crippen LogP contribution in [0, 0.1) is 0 Å². The Bertz CT molecular complexity index is 286. The molecule has 118 valence electrons. The summed E-state index contributed by atoms with van der Waals surface area (Å²) in [5, 5.41) is 8.38. The van der Waals surface area contributed by atoms with Gasteiger partial charge in [0.2, 0.25) is 0 Å². The van der Waals surface area contributed by atoms with Crippen LogP contribution >= 0.6 is 0 Å². The minimum absolute atomic E-state index is 0.0129. The van der Waals surface area contributed by atoms with Crippen LogP contribution in [0.25, 0.3) is 0 Å². The second kappa shape index (κ2) is 11.5. The Morgan fingerprint density at radius 2 is 1.90 bits per heavy atom. The zero-order chi connectivity index (χ0) is 15.4. The topological polar surface area (TPSA) is 131 Å². The zero-order valence-electron chi connectivity index (χ0n) is 12.4. The second-order valence-corrected chi connectivity index (χ2v) is 4.89. The van der Waals surface area contributed by atoms with Crippen molar-refractivity contribution in [1.82, 2.24) is 4.90 Å². The number of nitrogens with two attached hydrogens (primary N) is 3. The smallest absolute Gasteiger partial charge is 0.320 e. The van der Waals surface area contributed by atoms with E-state index in [1.165, 1.54) is 38.9 Å².